The fraction of sp³-hybridized carbons (Fsp3) is 0.455. The number of halogens is 3. The van der Waals surface area contributed by atoms with Crippen molar-refractivity contribution < 1.29 is 28.1 Å². The highest BCUT2D eigenvalue weighted by atomic mass is 19.4. The normalized spacial score (nSPS) is 13.4. The van der Waals surface area contributed by atoms with Gasteiger partial charge in [0.15, 0.2) is 0 Å². The smallest absolute Gasteiger partial charge is 0.507 e. The van der Waals surface area contributed by atoms with Gasteiger partial charge in [0.05, 0.1) is 6.61 Å². The highest BCUT2D eigenvalue weighted by Gasteiger charge is 2.31. The lowest BCUT2D eigenvalue weighted by molar-refractivity contribution is -0.274. The molecule has 1 rings (SSSR count). The Bertz CT molecular complexity index is 421. The van der Waals surface area contributed by atoms with Gasteiger partial charge in [0.2, 0.25) is 0 Å². The predicted molar refractivity (Wildman–Crippen MR) is 58.3 cm³/mol. The molecular weight excluding hydrogens is 251 g/mol. The SMILES string of the molecule is Cc1cc(OC(F)(F)F)cc(CC(N)CO)c1O. The Morgan fingerprint density at radius 1 is 1.39 bits per heavy atom. The average Bonchev–Trinajstić information content (AvgIpc) is 2.22. The van der Waals surface area contributed by atoms with Crippen LogP contribution in [0.4, 0.5) is 13.2 Å². The largest absolute Gasteiger partial charge is 0.573 e. The van der Waals surface area contributed by atoms with Crippen LogP contribution in [-0.4, -0.2) is 29.2 Å². The fourth-order valence-electron chi connectivity index (χ4n) is 1.51. The van der Waals surface area contributed by atoms with Crippen molar-refractivity contribution in [3.05, 3.63) is 23.3 Å². The van der Waals surface area contributed by atoms with Crippen molar-refractivity contribution in [1.29, 1.82) is 0 Å². The standard InChI is InChI=1S/C11H14F3NO3/c1-6-2-9(18-11(12,13)14)4-7(10(6)17)3-8(15)5-16/h2,4,8,16-17H,3,5,15H2,1H3. The molecule has 0 aliphatic heterocycles. The minimum atomic E-state index is -4.79. The molecule has 0 aliphatic carbocycles. The second kappa shape index (κ2) is 5.45. The van der Waals surface area contributed by atoms with E-state index in [1.54, 1.807) is 0 Å². The van der Waals surface area contributed by atoms with Crippen LogP contribution in [-0.2, 0) is 6.42 Å². The molecule has 7 heteroatoms. The Labute approximate surface area is 102 Å². The number of alkyl halides is 3. The summed E-state index contributed by atoms with van der Waals surface area (Å²) in [5.41, 5.74) is 5.93. The lowest BCUT2D eigenvalue weighted by Gasteiger charge is -2.15. The zero-order chi connectivity index (χ0) is 13.9. The maximum atomic E-state index is 12.1. The summed E-state index contributed by atoms with van der Waals surface area (Å²) >= 11 is 0. The molecule has 1 atom stereocenters. The molecule has 102 valence electrons. The second-order valence-corrected chi connectivity index (χ2v) is 3.94. The number of aromatic hydroxyl groups is 1. The van der Waals surface area contributed by atoms with Crippen LogP contribution in [0.15, 0.2) is 12.1 Å². The van der Waals surface area contributed by atoms with Gasteiger partial charge in [-0.3, -0.25) is 0 Å². The number of hydrogen-bond donors (Lipinski definition) is 3. The van der Waals surface area contributed by atoms with E-state index in [1.165, 1.54) is 6.92 Å². The number of ether oxygens (including phenoxy) is 1. The van der Waals surface area contributed by atoms with Crippen molar-refractivity contribution >= 4 is 0 Å². The number of hydrogen-bond acceptors (Lipinski definition) is 4. The number of phenols is 1. The van der Waals surface area contributed by atoms with Crippen LogP contribution in [0.3, 0.4) is 0 Å². The third-order valence-corrected chi connectivity index (χ3v) is 2.30. The van der Waals surface area contributed by atoms with Crippen LogP contribution >= 0.6 is 0 Å². The van der Waals surface area contributed by atoms with Crippen LogP contribution in [0.25, 0.3) is 0 Å². The van der Waals surface area contributed by atoms with Crippen molar-refractivity contribution in [2.45, 2.75) is 25.7 Å². The molecule has 0 aromatic heterocycles. The van der Waals surface area contributed by atoms with E-state index in [9.17, 15) is 18.3 Å². The molecule has 18 heavy (non-hydrogen) atoms. The van der Waals surface area contributed by atoms with E-state index in [-0.39, 0.29) is 29.9 Å². The van der Waals surface area contributed by atoms with E-state index in [0.717, 1.165) is 12.1 Å². The summed E-state index contributed by atoms with van der Waals surface area (Å²) < 4.78 is 40.0. The van der Waals surface area contributed by atoms with Crippen molar-refractivity contribution in [2.75, 3.05) is 6.61 Å². The molecule has 1 aromatic carbocycles. The van der Waals surface area contributed by atoms with Crippen LogP contribution < -0.4 is 10.5 Å². The molecule has 1 aromatic rings. The monoisotopic (exact) mass is 265 g/mol. The highest BCUT2D eigenvalue weighted by molar-refractivity contribution is 5.46. The number of aliphatic hydroxyl groups excluding tert-OH is 1. The Balaban J connectivity index is 3.02. The van der Waals surface area contributed by atoms with Gasteiger partial charge in [-0.05, 0) is 36.6 Å². The minimum Gasteiger partial charge on any atom is -0.507 e. The zero-order valence-corrected chi connectivity index (χ0v) is 9.66. The van der Waals surface area contributed by atoms with Crippen molar-refractivity contribution in [1.82, 2.24) is 0 Å². The van der Waals surface area contributed by atoms with E-state index in [4.69, 9.17) is 10.8 Å². The Morgan fingerprint density at radius 2 is 2.00 bits per heavy atom. The van der Waals surface area contributed by atoms with Crippen molar-refractivity contribution in [3.63, 3.8) is 0 Å². The van der Waals surface area contributed by atoms with Crippen LogP contribution in [0, 0.1) is 6.92 Å². The van der Waals surface area contributed by atoms with E-state index in [1.807, 2.05) is 0 Å². The van der Waals surface area contributed by atoms with Gasteiger partial charge in [0, 0.05) is 6.04 Å². The van der Waals surface area contributed by atoms with Gasteiger partial charge in [-0.2, -0.15) is 0 Å². The highest BCUT2D eigenvalue weighted by Crippen LogP contribution is 2.31. The molecule has 0 spiro atoms. The number of nitrogens with two attached hydrogens (primary N) is 1. The third kappa shape index (κ3) is 4.08. The van der Waals surface area contributed by atoms with E-state index in [2.05, 4.69) is 4.74 Å². The topological polar surface area (TPSA) is 75.7 Å². The van der Waals surface area contributed by atoms with Crippen LogP contribution in [0.1, 0.15) is 11.1 Å². The molecule has 0 heterocycles. The van der Waals surface area contributed by atoms with Gasteiger partial charge < -0.3 is 20.7 Å². The van der Waals surface area contributed by atoms with Crippen LogP contribution in [0.5, 0.6) is 11.5 Å². The van der Waals surface area contributed by atoms with Gasteiger partial charge in [-0.15, -0.1) is 13.2 Å². The first-order valence-electron chi connectivity index (χ1n) is 5.17. The minimum absolute atomic E-state index is 0.0538. The molecule has 4 nitrogen and oxygen atoms in total. The maximum Gasteiger partial charge on any atom is 0.573 e. The molecule has 0 radical (unpaired) electrons. The summed E-state index contributed by atoms with van der Waals surface area (Å²) in [6, 6.07) is 1.48. The van der Waals surface area contributed by atoms with Gasteiger partial charge in [0.25, 0.3) is 0 Å². The van der Waals surface area contributed by atoms with Gasteiger partial charge in [-0.1, -0.05) is 0 Å². The Morgan fingerprint density at radius 3 is 2.50 bits per heavy atom. The summed E-state index contributed by atoms with van der Waals surface area (Å²) in [7, 11) is 0. The third-order valence-electron chi connectivity index (χ3n) is 2.30. The summed E-state index contributed by atoms with van der Waals surface area (Å²) in [5, 5.41) is 18.5. The summed E-state index contributed by atoms with van der Waals surface area (Å²) in [6.45, 7) is 1.12. The number of aryl methyl sites for hydroxylation is 1. The van der Waals surface area contributed by atoms with Crippen LogP contribution in [0.2, 0.25) is 0 Å². The zero-order valence-electron chi connectivity index (χ0n) is 9.66. The molecule has 0 saturated heterocycles. The Kier molecular flexibility index (Phi) is 4.42. The summed E-state index contributed by atoms with van der Waals surface area (Å²) in [5.74, 6) is -0.564. The van der Waals surface area contributed by atoms with Crippen molar-refractivity contribution in [3.8, 4) is 11.5 Å². The lowest BCUT2D eigenvalue weighted by Crippen LogP contribution is -2.27. The fourth-order valence-corrected chi connectivity index (χ4v) is 1.51. The molecule has 0 aliphatic rings. The number of aliphatic hydroxyl groups is 1. The predicted octanol–water partition coefficient (Wildman–Crippen LogP) is 1.46. The first-order valence-corrected chi connectivity index (χ1v) is 5.17. The van der Waals surface area contributed by atoms with Gasteiger partial charge in [-0.25, -0.2) is 0 Å². The first kappa shape index (κ1) is 14.6. The molecule has 4 N–H and O–H groups in total. The molecule has 0 fully saturated rings. The molecule has 0 saturated carbocycles. The average molecular weight is 265 g/mol. The number of rotatable bonds is 4. The molecule has 0 amide bonds. The summed E-state index contributed by atoms with van der Waals surface area (Å²) in [4.78, 5) is 0. The Hall–Kier alpha value is -1.47. The van der Waals surface area contributed by atoms with Gasteiger partial charge >= 0.3 is 6.36 Å². The number of benzene rings is 1. The van der Waals surface area contributed by atoms with E-state index >= 15 is 0 Å². The quantitative estimate of drug-likeness (QED) is 0.770. The van der Waals surface area contributed by atoms with E-state index in [0.29, 0.717) is 0 Å². The molecule has 0 bridgehead atoms. The molecular formula is C11H14F3NO3. The van der Waals surface area contributed by atoms with Gasteiger partial charge in [0.1, 0.15) is 11.5 Å². The summed E-state index contributed by atoms with van der Waals surface area (Å²) in [6.07, 6.45) is -4.74. The maximum absolute atomic E-state index is 12.1. The first-order chi connectivity index (χ1) is 8.23. The molecule has 1 unspecified atom stereocenters. The van der Waals surface area contributed by atoms with E-state index < -0.39 is 18.2 Å². The second-order valence-electron chi connectivity index (χ2n) is 3.94. The van der Waals surface area contributed by atoms with Crippen molar-refractivity contribution in [2.24, 2.45) is 5.73 Å². The lowest BCUT2D eigenvalue weighted by atomic mass is 10.0. The number of phenolic OH excluding ortho intramolecular Hbond substituents is 1.